The monoisotopic (exact) mass is 370 g/mol. The average molecular weight is 371 g/mol. The second-order valence-electron chi connectivity index (χ2n) is 5.53. The van der Waals surface area contributed by atoms with Gasteiger partial charge in [-0.25, -0.2) is 0 Å². The lowest BCUT2D eigenvalue weighted by atomic mass is 10.1. The van der Waals surface area contributed by atoms with Crippen molar-refractivity contribution in [1.82, 2.24) is 10.2 Å². The molecule has 1 unspecified atom stereocenters. The number of nitrogens with one attached hydrogen (secondary N) is 1. The number of hydrogen-bond acceptors (Lipinski definition) is 3. The number of likely N-dealkylation sites (N-methyl/N-ethyl adjacent to an activating group) is 1. The van der Waals surface area contributed by atoms with Crippen LogP contribution in [-0.2, 0) is 11.2 Å². The van der Waals surface area contributed by atoms with Gasteiger partial charge >= 0.3 is 0 Å². The first kappa shape index (κ1) is 18.3. The van der Waals surface area contributed by atoms with E-state index in [4.69, 9.17) is 23.2 Å². The zero-order valence-electron chi connectivity index (χ0n) is 13.2. The van der Waals surface area contributed by atoms with Crippen LogP contribution in [0.3, 0.4) is 0 Å². The molecule has 124 valence electrons. The van der Waals surface area contributed by atoms with Gasteiger partial charge in [0.15, 0.2) is 0 Å². The number of carbonyl (C=O) groups excluding carboxylic acids is 1. The molecule has 0 aliphatic carbocycles. The summed E-state index contributed by atoms with van der Waals surface area (Å²) >= 11 is 13.7. The van der Waals surface area contributed by atoms with Crippen molar-refractivity contribution in [2.75, 3.05) is 20.6 Å². The van der Waals surface area contributed by atoms with Gasteiger partial charge in [0.05, 0.1) is 6.04 Å². The van der Waals surface area contributed by atoms with Gasteiger partial charge in [-0.15, -0.1) is 11.3 Å². The molecular weight excluding hydrogens is 351 g/mol. The van der Waals surface area contributed by atoms with Crippen molar-refractivity contribution in [2.45, 2.75) is 18.9 Å². The van der Waals surface area contributed by atoms with Crippen molar-refractivity contribution in [3.8, 4) is 0 Å². The highest BCUT2D eigenvalue weighted by atomic mass is 35.5. The van der Waals surface area contributed by atoms with E-state index in [-0.39, 0.29) is 11.9 Å². The molecule has 0 spiro atoms. The third-order valence-electron chi connectivity index (χ3n) is 3.62. The van der Waals surface area contributed by atoms with E-state index >= 15 is 0 Å². The van der Waals surface area contributed by atoms with Crippen LogP contribution in [0.25, 0.3) is 0 Å². The van der Waals surface area contributed by atoms with Crippen LogP contribution in [0.4, 0.5) is 0 Å². The SMILES string of the molecule is CN(C)C(CNC(=O)CCc1ccc(Cl)cc1Cl)c1cccs1. The van der Waals surface area contributed by atoms with Crippen LogP contribution in [0.15, 0.2) is 35.7 Å². The number of nitrogens with zero attached hydrogens (tertiary/aromatic N) is 1. The Morgan fingerprint density at radius 1 is 1.30 bits per heavy atom. The topological polar surface area (TPSA) is 32.3 Å². The van der Waals surface area contributed by atoms with Crippen molar-refractivity contribution >= 4 is 40.4 Å². The Kier molecular flexibility index (Phi) is 6.90. The molecule has 0 aliphatic heterocycles. The smallest absolute Gasteiger partial charge is 0.220 e. The van der Waals surface area contributed by atoms with Crippen LogP contribution in [0.5, 0.6) is 0 Å². The average Bonchev–Trinajstić information content (AvgIpc) is 3.00. The summed E-state index contributed by atoms with van der Waals surface area (Å²) in [6, 6.07) is 9.68. The number of hydrogen-bond donors (Lipinski definition) is 1. The number of aryl methyl sites for hydroxylation is 1. The number of rotatable bonds is 7. The van der Waals surface area contributed by atoms with Crippen LogP contribution in [0.2, 0.25) is 10.0 Å². The van der Waals surface area contributed by atoms with E-state index in [1.165, 1.54) is 4.88 Å². The van der Waals surface area contributed by atoms with E-state index in [0.717, 1.165) is 5.56 Å². The predicted octanol–water partition coefficient (Wildman–Crippen LogP) is 4.41. The minimum absolute atomic E-state index is 0.0272. The largest absolute Gasteiger partial charge is 0.354 e. The van der Waals surface area contributed by atoms with Gasteiger partial charge in [0, 0.05) is 27.9 Å². The minimum Gasteiger partial charge on any atom is -0.354 e. The van der Waals surface area contributed by atoms with Crippen molar-refractivity contribution in [3.05, 3.63) is 56.2 Å². The molecule has 0 saturated heterocycles. The minimum atomic E-state index is 0.0272. The first-order valence-electron chi connectivity index (χ1n) is 7.38. The van der Waals surface area contributed by atoms with Gasteiger partial charge in [-0.2, -0.15) is 0 Å². The maximum absolute atomic E-state index is 12.1. The summed E-state index contributed by atoms with van der Waals surface area (Å²) in [7, 11) is 4.04. The van der Waals surface area contributed by atoms with Crippen LogP contribution in [-0.4, -0.2) is 31.4 Å². The highest BCUT2D eigenvalue weighted by Crippen LogP contribution is 2.23. The molecule has 1 N–H and O–H groups in total. The number of halogens is 2. The zero-order chi connectivity index (χ0) is 16.8. The third-order valence-corrected chi connectivity index (χ3v) is 5.18. The Morgan fingerprint density at radius 2 is 2.09 bits per heavy atom. The molecule has 0 aliphatic rings. The molecule has 0 saturated carbocycles. The molecule has 23 heavy (non-hydrogen) atoms. The Morgan fingerprint density at radius 3 is 2.70 bits per heavy atom. The summed E-state index contributed by atoms with van der Waals surface area (Å²) in [5.74, 6) is 0.0272. The standard InChI is InChI=1S/C17H20Cl2N2OS/c1-21(2)15(16-4-3-9-23-16)11-20-17(22)8-6-12-5-7-13(18)10-14(12)19/h3-5,7,9-10,15H,6,8,11H2,1-2H3,(H,20,22). The molecule has 3 nitrogen and oxygen atoms in total. The summed E-state index contributed by atoms with van der Waals surface area (Å²) in [6.07, 6.45) is 1.01. The molecular formula is C17H20Cl2N2OS. The fourth-order valence-electron chi connectivity index (χ4n) is 2.29. The van der Waals surface area contributed by atoms with Gasteiger partial charge < -0.3 is 10.2 Å². The molecule has 0 bridgehead atoms. The van der Waals surface area contributed by atoms with Crippen LogP contribution in [0, 0.1) is 0 Å². The van der Waals surface area contributed by atoms with Gasteiger partial charge in [-0.3, -0.25) is 4.79 Å². The van der Waals surface area contributed by atoms with Gasteiger partial charge in [-0.1, -0.05) is 35.3 Å². The lowest BCUT2D eigenvalue weighted by molar-refractivity contribution is -0.121. The van der Waals surface area contributed by atoms with Gasteiger partial charge in [0.1, 0.15) is 0 Å². The Bertz CT molecular complexity index is 644. The molecule has 1 heterocycles. The highest BCUT2D eigenvalue weighted by molar-refractivity contribution is 7.10. The number of amides is 1. The Hall–Kier alpha value is -1.07. The van der Waals surface area contributed by atoms with Gasteiger partial charge in [-0.05, 0) is 49.7 Å². The summed E-state index contributed by atoms with van der Waals surface area (Å²) in [6.45, 7) is 0.598. The van der Waals surface area contributed by atoms with Gasteiger partial charge in [0.2, 0.25) is 5.91 Å². The van der Waals surface area contributed by atoms with E-state index < -0.39 is 0 Å². The van der Waals surface area contributed by atoms with Gasteiger partial charge in [0.25, 0.3) is 0 Å². The lowest BCUT2D eigenvalue weighted by Gasteiger charge is -2.23. The summed E-state index contributed by atoms with van der Waals surface area (Å²) in [5, 5.41) is 6.27. The van der Waals surface area contributed by atoms with Crippen LogP contribution < -0.4 is 5.32 Å². The third kappa shape index (κ3) is 5.50. The molecule has 1 aromatic carbocycles. The van der Waals surface area contributed by atoms with Crippen molar-refractivity contribution in [3.63, 3.8) is 0 Å². The molecule has 1 aromatic heterocycles. The van der Waals surface area contributed by atoms with Crippen molar-refractivity contribution < 1.29 is 4.79 Å². The molecule has 2 rings (SSSR count). The molecule has 1 atom stereocenters. The molecule has 0 fully saturated rings. The molecule has 6 heteroatoms. The first-order chi connectivity index (χ1) is 11.0. The summed E-state index contributed by atoms with van der Waals surface area (Å²) in [5.41, 5.74) is 0.939. The first-order valence-corrected chi connectivity index (χ1v) is 9.01. The van der Waals surface area contributed by atoms with Crippen LogP contribution >= 0.6 is 34.5 Å². The maximum Gasteiger partial charge on any atom is 0.220 e. The second kappa shape index (κ2) is 8.69. The number of thiophene rings is 1. The molecule has 0 radical (unpaired) electrons. The zero-order valence-corrected chi connectivity index (χ0v) is 15.5. The van der Waals surface area contributed by atoms with E-state index in [1.54, 1.807) is 23.5 Å². The van der Waals surface area contributed by atoms with E-state index in [9.17, 15) is 4.79 Å². The fraction of sp³-hybridized carbons (Fsp3) is 0.353. The lowest BCUT2D eigenvalue weighted by Crippen LogP contribution is -2.34. The normalized spacial score (nSPS) is 12.4. The fourth-order valence-corrected chi connectivity index (χ4v) is 3.72. The number of carbonyl (C=O) groups is 1. The van der Waals surface area contributed by atoms with Crippen molar-refractivity contribution in [1.29, 1.82) is 0 Å². The maximum atomic E-state index is 12.1. The molecule has 2 aromatic rings. The summed E-state index contributed by atoms with van der Waals surface area (Å²) in [4.78, 5) is 15.5. The summed E-state index contributed by atoms with van der Waals surface area (Å²) < 4.78 is 0. The number of benzene rings is 1. The van der Waals surface area contributed by atoms with E-state index in [0.29, 0.717) is 29.4 Å². The quantitative estimate of drug-likeness (QED) is 0.782. The second-order valence-corrected chi connectivity index (χ2v) is 7.36. The van der Waals surface area contributed by atoms with Crippen molar-refractivity contribution in [2.24, 2.45) is 0 Å². The molecule has 1 amide bonds. The Balaban J connectivity index is 1.84. The van der Waals surface area contributed by atoms with E-state index in [1.807, 2.05) is 26.2 Å². The predicted molar refractivity (Wildman–Crippen MR) is 98.5 cm³/mol. The Labute approximate surface area is 151 Å². The van der Waals surface area contributed by atoms with E-state index in [2.05, 4.69) is 21.7 Å². The van der Waals surface area contributed by atoms with Crippen LogP contribution in [0.1, 0.15) is 22.9 Å². The highest BCUT2D eigenvalue weighted by Gasteiger charge is 2.16.